The molecule has 47 heavy (non-hydrogen) atoms. The fourth-order valence-corrected chi connectivity index (χ4v) is 12.4. The van der Waals surface area contributed by atoms with Crippen molar-refractivity contribution in [1.29, 1.82) is 0 Å². The van der Waals surface area contributed by atoms with E-state index in [1.54, 1.807) is 56.7 Å². The zero-order valence-corrected chi connectivity index (χ0v) is 29.3. The smallest absolute Gasteiger partial charge is 0.181 e. The Morgan fingerprint density at radius 3 is 0.660 bits per heavy atom. The van der Waals surface area contributed by atoms with Gasteiger partial charge in [-0.05, 0) is 13.8 Å². The predicted molar refractivity (Wildman–Crippen MR) is 182 cm³/mol. The van der Waals surface area contributed by atoms with Crippen LogP contribution in [0.25, 0.3) is 39.0 Å². The molecule has 5 aromatic heterocycles. The molecule has 5 aromatic rings. The second kappa shape index (κ2) is 11.0. The summed E-state index contributed by atoms with van der Waals surface area (Å²) in [6.45, 7) is 8.95. The first-order valence-corrected chi connectivity index (χ1v) is 19.3. The van der Waals surface area contributed by atoms with Gasteiger partial charge < -0.3 is 47.4 Å². The number of hydrogen-bond donors (Lipinski definition) is 0. The lowest BCUT2D eigenvalue weighted by molar-refractivity contribution is 0.170. The Bertz CT molecular complexity index is 1920. The third kappa shape index (κ3) is 4.29. The van der Waals surface area contributed by atoms with Crippen LogP contribution in [-0.4, -0.2) is 66.1 Å². The van der Waals surface area contributed by atoms with Crippen LogP contribution in [0.15, 0.2) is 0 Å². The molecule has 0 saturated carbocycles. The number of aryl methyl sites for hydroxylation is 2. The first kappa shape index (κ1) is 28.5. The molecule has 5 aliphatic heterocycles. The lowest BCUT2D eigenvalue weighted by Gasteiger charge is -2.19. The minimum absolute atomic E-state index is 0.447. The van der Waals surface area contributed by atoms with Crippen LogP contribution in [0.5, 0.6) is 57.5 Å². The fourth-order valence-electron chi connectivity index (χ4n) is 6.24. The van der Waals surface area contributed by atoms with Crippen LogP contribution >= 0.6 is 56.7 Å². The molecule has 0 fully saturated rings. The van der Waals surface area contributed by atoms with Gasteiger partial charge in [0.1, 0.15) is 66.1 Å². The van der Waals surface area contributed by atoms with Crippen molar-refractivity contribution in [3.05, 3.63) is 9.75 Å². The second-order valence-electron chi connectivity index (χ2n) is 11.0. The highest BCUT2D eigenvalue weighted by atomic mass is 32.1. The molecule has 0 aromatic carbocycles. The van der Waals surface area contributed by atoms with E-state index < -0.39 is 0 Å². The van der Waals surface area contributed by atoms with Crippen LogP contribution < -0.4 is 47.4 Å². The van der Waals surface area contributed by atoms with E-state index in [9.17, 15) is 0 Å². The molecule has 0 spiro atoms. The van der Waals surface area contributed by atoms with Crippen molar-refractivity contribution in [2.75, 3.05) is 66.1 Å². The first-order chi connectivity index (χ1) is 23.2. The molecule has 0 amide bonds. The van der Waals surface area contributed by atoms with E-state index in [4.69, 9.17) is 47.4 Å². The number of hydrogen-bond acceptors (Lipinski definition) is 15. The van der Waals surface area contributed by atoms with E-state index in [1.165, 1.54) is 0 Å². The summed E-state index contributed by atoms with van der Waals surface area (Å²) in [5.41, 5.74) is 0. The zero-order valence-electron chi connectivity index (χ0n) is 25.2. The van der Waals surface area contributed by atoms with Crippen molar-refractivity contribution in [3.8, 4) is 96.5 Å². The molecule has 0 aliphatic carbocycles. The summed E-state index contributed by atoms with van der Waals surface area (Å²) in [4.78, 5) is 9.75. The average molecular weight is 731 g/mol. The molecule has 10 heterocycles. The van der Waals surface area contributed by atoms with Gasteiger partial charge in [-0.15, -0.1) is 56.7 Å². The highest BCUT2D eigenvalue weighted by molar-refractivity contribution is 7.31. The first-order valence-electron chi connectivity index (χ1n) is 15.2. The molecule has 244 valence electrons. The summed E-state index contributed by atoms with van der Waals surface area (Å²) in [5.74, 6) is 7.43. The summed E-state index contributed by atoms with van der Waals surface area (Å²) >= 11 is 8.14. The third-order valence-corrected chi connectivity index (χ3v) is 14.4. The molecular weight excluding hydrogens is 705 g/mol. The van der Waals surface area contributed by atoms with Gasteiger partial charge in [0.25, 0.3) is 0 Å². The van der Waals surface area contributed by atoms with Crippen molar-refractivity contribution in [2.45, 2.75) is 13.8 Å². The normalized spacial score (nSPS) is 17.1. The van der Waals surface area contributed by atoms with E-state index in [0.717, 1.165) is 83.3 Å². The maximum Gasteiger partial charge on any atom is 0.181 e. The van der Waals surface area contributed by atoms with Crippen molar-refractivity contribution in [2.24, 2.45) is 0 Å². The van der Waals surface area contributed by atoms with Gasteiger partial charge in [-0.2, -0.15) is 0 Å². The Kier molecular flexibility index (Phi) is 6.68. The number of rotatable bonds is 4. The topological polar surface area (TPSA) is 92.3 Å². The van der Waals surface area contributed by atoms with Gasteiger partial charge in [0.2, 0.25) is 0 Å². The summed E-state index contributed by atoms with van der Waals surface area (Å²) in [6.07, 6.45) is 0. The van der Waals surface area contributed by atoms with Crippen LogP contribution in [-0.2, 0) is 0 Å². The van der Waals surface area contributed by atoms with Gasteiger partial charge in [0.05, 0.1) is 39.0 Å². The molecular formula is C32H26O10S5. The molecule has 10 nitrogen and oxygen atoms in total. The molecule has 5 aliphatic rings. The average Bonchev–Trinajstić information content (AvgIpc) is 3.92. The van der Waals surface area contributed by atoms with Crippen molar-refractivity contribution < 1.29 is 47.4 Å². The van der Waals surface area contributed by atoms with Gasteiger partial charge in [-0.25, -0.2) is 0 Å². The molecule has 0 N–H and O–H groups in total. The highest BCUT2D eigenvalue weighted by Crippen LogP contribution is 2.67. The molecule has 0 atom stereocenters. The minimum atomic E-state index is 0.447. The number of ether oxygens (including phenoxy) is 10. The van der Waals surface area contributed by atoms with Crippen LogP contribution in [0.1, 0.15) is 9.75 Å². The van der Waals surface area contributed by atoms with Crippen LogP contribution in [0.2, 0.25) is 0 Å². The van der Waals surface area contributed by atoms with Crippen molar-refractivity contribution in [3.63, 3.8) is 0 Å². The third-order valence-electron chi connectivity index (χ3n) is 8.15. The van der Waals surface area contributed by atoms with Gasteiger partial charge in [0, 0.05) is 9.75 Å². The summed E-state index contributed by atoms with van der Waals surface area (Å²) < 4.78 is 62.2. The van der Waals surface area contributed by atoms with E-state index in [-0.39, 0.29) is 0 Å². The molecule has 0 saturated heterocycles. The summed E-state index contributed by atoms with van der Waals surface area (Å²) in [6, 6.07) is 0. The standard InChI is InChI=1S/C32H26O10S5/c1-13-15-17(35-5-3-33-15)25(43-13)27-19-21(39-9-7-37-19)29(45-27)31-23-24(42-12-11-41-23)32(47-31)30-22-20(38-8-10-40-22)28(46-30)26-18-16(14(2)44-26)34-4-6-36-18/h3-12H2,1-2H3. The van der Waals surface area contributed by atoms with Crippen molar-refractivity contribution >= 4 is 56.7 Å². The van der Waals surface area contributed by atoms with Crippen LogP contribution in [0, 0.1) is 13.8 Å². The summed E-state index contributed by atoms with van der Waals surface area (Å²) in [7, 11) is 0. The number of fused-ring (bicyclic) bond motifs is 5. The molecule has 15 heteroatoms. The van der Waals surface area contributed by atoms with Crippen molar-refractivity contribution in [1.82, 2.24) is 0 Å². The van der Waals surface area contributed by atoms with E-state index in [2.05, 4.69) is 13.8 Å². The maximum atomic E-state index is 6.38. The van der Waals surface area contributed by atoms with Crippen LogP contribution in [0.4, 0.5) is 0 Å². The van der Waals surface area contributed by atoms with Gasteiger partial charge in [-0.3, -0.25) is 0 Å². The Morgan fingerprint density at radius 1 is 0.255 bits per heavy atom. The quantitative estimate of drug-likeness (QED) is 0.181. The predicted octanol–water partition coefficient (Wildman–Crippen LogP) is 8.13. The Labute approximate surface area is 288 Å². The Morgan fingerprint density at radius 2 is 0.426 bits per heavy atom. The number of thiophene rings is 5. The monoisotopic (exact) mass is 730 g/mol. The van der Waals surface area contributed by atoms with Gasteiger partial charge >= 0.3 is 0 Å². The Hall–Kier alpha value is -3.50. The van der Waals surface area contributed by atoms with Crippen LogP contribution in [0.3, 0.4) is 0 Å². The lowest BCUT2D eigenvalue weighted by Crippen LogP contribution is -2.16. The second-order valence-corrected chi connectivity index (χ2v) is 16.5. The molecule has 0 radical (unpaired) electrons. The van der Waals surface area contributed by atoms with Gasteiger partial charge in [-0.1, -0.05) is 0 Å². The Balaban J connectivity index is 1.15. The largest absolute Gasteiger partial charge is 0.485 e. The zero-order chi connectivity index (χ0) is 31.2. The molecule has 10 rings (SSSR count). The maximum absolute atomic E-state index is 6.38. The molecule has 0 bridgehead atoms. The van der Waals surface area contributed by atoms with E-state index >= 15 is 0 Å². The molecule has 0 unspecified atom stereocenters. The SMILES string of the molecule is Cc1sc(-c2sc(-c3sc(-c4sc(-c5sc(C)c6c5OCCO6)c5c4OCCO5)c4c3OCCO4)c3c2OCCO3)c2c1OCCO2. The highest BCUT2D eigenvalue weighted by Gasteiger charge is 2.39. The van der Waals surface area contributed by atoms with Gasteiger partial charge in [0.15, 0.2) is 57.5 Å². The minimum Gasteiger partial charge on any atom is -0.485 e. The lowest BCUT2D eigenvalue weighted by atomic mass is 10.2. The fraction of sp³-hybridized carbons (Fsp3) is 0.375. The van der Waals surface area contributed by atoms with E-state index in [0.29, 0.717) is 89.1 Å². The summed E-state index contributed by atoms with van der Waals surface area (Å²) in [5, 5.41) is 0. The van der Waals surface area contributed by atoms with E-state index in [1.807, 2.05) is 0 Å².